The number of piperidine rings is 1. The van der Waals surface area contributed by atoms with Gasteiger partial charge in [0.15, 0.2) is 0 Å². The van der Waals surface area contributed by atoms with E-state index in [1.165, 1.54) is 0 Å². The molecule has 122 valence electrons. The zero-order chi connectivity index (χ0) is 16.8. The van der Waals surface area contributed by atoms with Crippen LogP contribution in [0.2, 0.25) is 5.02 Å². The Morgan fingerprint density at radius 3 is 2.70 bits per heavy atom. The molecule has 1 fully saturated rings. The Morgan fingerprint density at radius 1 is 1.43 bits per heavy atom. The highest BCUT2D eigenvalue weighted by Gasteiger charge is 2.20. The summed E-state index contributed by atoms with van der Waals surface area (Å²) in [6, 6.07) is 9.28. The van der Waals surface area contributed by atoms with Gasteiger partial charge >= 0.3 is 0 Å². The summed E-state index contributed by atoms with van der Waals surface area (Å²) >= 11 is 6.03. The van der Waals surface area contributed by atoms with Crippen LogP contribution in [0.4, 0.5) is 5.69 Å². The maximum Gasteiger partial charge on any atom is 0.267 e. The first kappa shape index (κ1) is 17.3. The third-order valence-electron chi connectivity index (χ3n) is 4.08. The molecule has 1 amide bonds. The van der Waals surface area contributed by atoms with Crippen molar-refractivity contribution in [3.63, 3.8) is 0 Å². The number of carbonyl (C=O) groups is 1. The molecule has 0 aromatic heterocycles. The molecule has 23 heavy (non-hydrogen) atoms. The molecule has 0 atom stereocenters. The van der Waals surface area contributed by atoms with E-state index in [9.17, 15) is 10.1 Å². The van der Waals surface area contributed by atoms with Crippen LogP contribution in [-0.2, 0) is 4.79 Å². The van der Waals surface area contributed by atoms with Crippen molar-refractivity contribution in [2.45, 2.75) is 18.9 Å². The Bertz CT molecular complexity index is 630. The van der Waals surface area contributed by atoms with Crippen LogP contribution >= 0.6 is 11.6 Å². The Balaban J connectivity index is 2.04. The molecule has 1 aliphatic heterocycles. The number of nitriles is 1. The number of hydrogen-bond donors (Lipinski definition) is 1. The van der Waals surface area contributed by atoms with E-state index in [4.69, 9.17) is 11.6 Å². The summed E-state index contributed by atoms with van der Waals surface area (Å²) in [7, 11) is 4.01. The van der Waals surface area contributed by atoms with Gasteiger partial charge < -0.3 is 15.1 Å². The lowest BCUT2D eigenvalue weighted by Crippen LogP contribution is -2.40. The van der Waals surface area contributed by atoms with E-state index >= 15 is 0 Å². The largest absolute Gasteiger partial charge is 0.376 e. The van der Waals surface area contributed by atoms with Crippen LogP contribution in [0.3, 0.4) is 0 Å². The summed E-state index contributed by atoms with van der Waals surface area (Å²) in [6.07, 6.45) is 3.67. The van der Waals surface area contributed by atoms with Gasteiger partial charge in [0.2, 0.25) is 0 Å². The summed E-state index contributed by atoms with van der Waals surface area (Å²) in [6.45, 7) is 2.05. The minimum atomic E-state index is -0.444. The van der Waals surface area contributed by atoms with Gasteiger partial charge in [-0.3, -0.25) is 4.79 Å². The molecular formula is C17H21ClN4O. The fourth-order valence-electron chi connectivity index (χ4n) is 2.60. The standard InChI is InChI=1S/C17H21ClN4O/c1-21-9-7-14(8-10-21)22(2)12-13(11-19)17(23)20-16-6-4-3-5-15(16)18/h3-6,12,14H,7-10H2,1-2H3,(H,20,23)/b13-12-. The molecule has 0 spiro atoms. The number of hydrogen-bond acceptors (Lipinski definition) is 4. The van der Waals surface area contributed by atoms with Crippen molar-refractivity contribution in [2.75, 3.05) is 32.5 Å². The lowest BCUT2D eigenvalue weighted by molar-refractivity contribution is -0.112. The second kappa shape index (κ2) is 8.00. The van der Waals surface area contributed by atoms with Gasteiger partial charge in [0, 0.05) is 19.3 Å². The monoisotopic (exact) mass is 332 g/mol. The lowest BCUT2D eigenvalue weighted by atomic mass is 10.0. The predicted molar refractivity (Wildman–Crippen MR) is 92.1 cm³/mol. The number of rotatable bonds is 4. The Morgan fingerprint density at radius 2 is 2.09 bits per heavy atom. The fraction of sp³-hybridized carbons (Fsp3) is 0.412. The normalized spacial score (nSPS) is 16.7. The molecule has 1 saturated heterocycles. The number of carbonyl (C=O) groups excluding carboxylic acids is 1. The summed E-state index contributed by atoms with van der Waals surface area (Å²) in [5.41, 5.74) is 0.577. The third-order valence-corrected chi connectivity index (χ3v) is 4.41. The van der Waals surface area contributed by atoms with Crippen LogP contribution in [0.1, 0.15) is 12.8 Å². The predicted octanol–water partition coefficient (Wildman–Crippen LogP) is 2.71. The van der Waals surface area contributed by atoms with Crippen molar-refractivity contribution in [3.8, 4) is 6.07 Å². The number of nitrogens with zero attached hydrogens (tertiary/aromatic N) is 3. The van der Waals surface area contributed by atoms with Crippen molar-refractivity contribution in [1.29, 1.82) is 5.26 Å². The number of nitrogens with one attached hydrogen (secondary N) is 1. The van der Waals surface area contributed by atoms with Gasteiger partial charge in [0.25, 0.3) is 5.91 Å². The molecule has 0 radical (unpaired) electrons. The Kier molecular flexibility index (Phi) is 6.03. The van der Waals surface area contributed by atoms with Gasteiger partial charge in [0.05, 0.1) is 10.7 Å². The van der Waals surface area contributed by atoms with Crippen molar-refractivity contribution >= 4 is 23.2 Å². The molecule has 1 aromatic carbocycles. The molecule has 1 aliphatic rings. The third kappa shape index (κ3) is 4.72. The van der Waals surface area contributed by atoms with Gasteiger partial charge in [-0.1, -0.05) is 23.7 Å². The van der Waals surface area contributed by atoms with Crippen LogP contribution < -0.4 is 5.32 Å². The number of halogens is 1. The molecule has 0 unspecified atom stereocenters. The summed E-state index contributed by atoms with van der Waals surface area (Å²) < 4.78 is 0. The van der Waals surface area contributed by atoms with Crippen molar-refractivity contribution in [1.82, 2.24) is 9.80 Å². The van der Waals surface area contributed by atoms with E-state index in [1.807, 2.05) is 18.0 Å². The van der Waals surface area contributed by atoms with Crippen molar-refractivity contribution < 1.29 is 4.79 Å². The highest BCUT2D eigenvalue weighted by Crippen LogP contribution is 2.21. The molecule has 1 N–H and O–H groups in total. The zero-order valence-electron chi connectivity index (χ0n) is 13.4. The highest BCUT2D eigenvalue weighted by atomic mass is 35.5. The number of anilines is 1. The van der Waals surface area contributed by atoms with Crippen molar-refractivity contribution in [2.24, 2.45) is 0 Å². The fourth-order valence-corrected chi connectivity index (χ4v) is 2.78. The van der Waals surface area contributed by atoms with E-state index in [0.29, 0.717) is 16.8 Å². The maximum absolute atomic E-state index is 12.3. The number of amides is 1. The van der Waals surface area contributed by atoms with Gasteiger partial charge in [0.1, 0.15) is 11.6 Å². The molecule has 1 heterocycles. The summed E-state index contributed by atoms with van der Waals surface area (Å²) in [5, 5.41) is 12.4. The molecule has 0 aliphatic carbocycles. The van der Waals surface area contributed by atoms with Gasteiger partial charge in [-0.2, -0.15) is 5.26 Å². The zero-order valence-corrected chi connectivity index (χ0v) is 14.2. The smallest absolute Gasteiger partial charge is 0.267 e. The minimum absolute atomic E-state index is 0.0753. The van der Waals surface area contributed by atoms with Crippen LogP contribution in [0.15, 0.2) is 36.0 Å². The van der Waals surface area contributed by atoms with E-state index in [1.54, 1.807) is 30.5 Å². The Hall–Kier alpha value is -2.03. The lowest BCUT2D eigenvalue weighted by Gasteiger charge is -2.34. The second-order valence-corrected chi connectivity index (χ2v) is 6.20. The van der Waals surface area contributed by atoms with E-state index < -0.39 is 5.91 Å². The summed E-state index contributed by atoms with van der Waals surface area (Å²) in [4.78, 5) is 16.5. The van der Waals surface area contributed by atoms with Crippen LogP contribution in [0.25, 0.3) is 0 Å². The second-order valence-electron chi connectivity index (χ2n) is 5.79. The van der Waals surface area contributed by atoms with Gasteiger partial charge in [-0.15, -0.1) is 0 Å². The van der Waals surface area contributed by atoms with Crippen LogP contribution in [0.5, 0.6) is 0 Å². The Labute approximate surface area is 142 Å². The molecule has 0 saturated carbocycles. The van der Waals surface area contributed by atoms with Gasteiger partial charge in [-0.25, -0.2) is 0 Å². The van der Waals surface area contributed by atoms with Crippen molar-refractivity contribution in [3.05, 3.63) is 41.1 Å². The molecule has 5 nitrogen and oxygen atoms in total. The minimum Gasteiger partial charge on any atom is -0.376 e. The van der Waals surface area contributed by atoms with E-state index in [2.05, 4.69) is 17.3 Å². The molecule has 1 aromatic rings. The average molecular weight is 333 g/mol. The number of likely N-dealkylation sites (tertiary alicyclic amines) is 1. The molecular weight excluding hydrogens is 312 g/mol. The molecule has 0 bridgehead atoms. The number of para-hydroxylation sites is 1. The van der Waals surface area contributed by atoms with E-state index in [-0.39, 0.29) is 5.57 Å². The SMILES string of the molecule is CN1CCC(N(C)/C=C(/C#N)C(=O)Nc2ccccc2Cl)CC1. The maximum atomic E-state index is 12.3. The topological polar surface area (TPSA) is 59.4 Å². The van der Waals surface area contributed by atoms with E-state index in [0.717, 1.165) is 25.9 Å². The average Bonchev–Trinajstić information content (AvgIpc) is 2.55. The van der Waals surface area contributed by atoms with Crippen LogP contribution in [-0.4, -0.2) is 48.9 Å². The highest BCUT2D eigenvalue weighted by molar-refractivity contribution is 6.33. The molecule has 6 heteroatoms. The quantitative estimate of drug-likeness (QED) is 0.680. The first-order valence-electron chi connectivity index (χ1n) is 7.59. The number of benzene rings is 1. The van der Waals surface area contributed by atoms with Gasteiger partial charge in [-0.05, 0) is 45.1 Å². The van der Waals surface area contributed by atoms with Crippen LogP contribution in [0, 0.1) is 11.3 Å². The molecule has 2 rings (SSSR count). The first-order valence-corrected chi connectivity index (χ1v) is 7.97. The summed E-state index contributed by atoms with van der Waals surface area (Å²) in [5.74, 6) is -0.444. The first-order chi connectivity index (χ1) is 11.0.